The van der Waals surface area contributed by atoms with Crippen molar-refractivity contribution in [2.75, 3.05) is 0 Å². The lowest BCUT2D eigenvalue weighted by Gasteiger charge is -2.24. The first-order chi connectivity index (χ1) is 12.9. The average Bonchev–Trinajstić information content (AvgIpc) is 2.86. The van der Waals surface area contributed by atoms with Crippen molar-refractivity contribution in [2.24, 2.45) is 5.92 Å². The molecule has 0 saturated heterocycles. The standard InChI is InChI=1S/C23H23N3/c1-2-9-22-20(15-25-23(26-22)13-16-5-3-6-16)19(8-1)17-10-11-21-18(14-17)7-4-12-24-21/h4,7-8,10-12,14-16H,1-3,5-6,9,13H2. The molecule has 2 heterocycles. The Bertz CT molecular complexity index is 986. The number of aryl methyl sites for hydroxylation is 1. The van der Waals surface area contributed by atoms with Crippen LogP contribution in [0.25, 0.3) is 16.5 Å². The Morgan fingerprint density at radius 3 is 2.88 bits per heavy atom. The maximum Gasteiger partial charge on any atom is 0.128 e. The van der Waals surface area contributed by atoms with Gasteiger partial charge < -0.3 is 0 Å². The van der Waals surface area contributed by atoms with E-state index in [0.29, 0.717) is 0 Å². The van der Waals surface area contributed by atoms with Crippen LogP contribution in [-0.4, -0.2) is 15.0 Å². The SMILES string of the molecule is C1=C(c2ccc3ncccc3c2)c2cnc(CC3CCC3)nc2CCC1. The number of hydrogen-bond acceptors (Lipinski definition) is 3. The first-order valence-corrected chi connectivity index (χ1v) is 9.77. The summed E-state index contributed by atoms with van der Waals surface area (Å²) < 4.78 is 0. The predicted octanol–water partition coefficient (Wildman–Crippen LogP) is 5.14. The van der Waals surface area contributed by atoms with Gasteiger partial charge in [-0.1, -0.05) is 37.5 Å². The molecule has 0 spiro atoms. The lowest BCUT2D eigenvalue weighted by Crippen LogP contribution is -2.16. The smallest absolute Gasteiger partial charge is 0.128 e. The van der Waals surface area contributed by atoms with Crippen LogP contribution < -0.4 is 0 Å². The number of fused-ring (bicyclic) bond motifs is 2. The average molecular weight is 341 g/mol. The number of benzene rings is 1. The fourth-order valence-corrected chi connectivity index (χ4v) is 4.07. The van der Waals surface area contributed by atoms with Crippen LogP contribution in [0, 0.1) is 5.92 Å². The highest BCUT2D eigenvalue weighted by Gasteiger charge is 2.21. The summed E-state index contributed by atoms with van der Waals surface area (Å²) in [6.07, 6.45) is 14.7. The van der Waals surface area contributed by atoms with Crippen molar-refractivity contribution in [3.05, 3.63) is 71.4 Å². The zero-order valence-electron chi connectivity index (χ0n) is 15.0. The minimum Gasteiger partial charge on any atom is -0.256 e. The van der Waals surface area contributed by atoms with E-state index >= 15 is 0 Å². The summed E-state index contributed by atoms with van der Waals surface area (Å²) in [6.45, 7) is 0. The van der Waals surface area contributed by atoms with E-state index in [4.69, 9.17) is 9.97 Å². The van der Waals surface area contributed by atoms with Gasteiger partial charge in [0.2, 0.25) is 0 Å². The fraction of sp³-hybridized carbons (Fsp3) is 0.348. The summed E-state index contributed by atoms with van der Waals surface area (Å²) in [5.41, 5.74) is 5.99. The minimum atomic E-state index is 0.807. The van der Waals surface area contributed by atoms with E-state index in [-0.39, 0.29) is 0 Å². The first kappa shape index (κ1) is 15.7. The molecular formula is C23H23N3. The van der Waals surface area contributed by atoms with Gasteiger partial charge in [0.05, 0.1) is 11.2 Å². The summed E-state index contributed by atoms with van der Waals surface area (Å²) in [7, 11) is 0. The number of nitrogens with zero attached hydrogens (tertiary/aromatic N) is 3. The van der Waals surface area contributed by atoms with Gasteiger partial charge in [-0.05, 0) is 54.5 Å². The van der Waals surface area contributed by atoms with E-state index in [2.05, 4.69) is 41.5 Å². The molecule has 0 unspecified atom stereocenters. The molecule has 0 aliphatic heterocycles. The first-order valence-electron chi connectivity index (χ1n) is 9.77. The third-order valence-electron chi connectivity index (χ3n) is 5.78. The molecule has 2 aliphatic carbocycles. The van der Waals surface area contributed by atoms with Crippen LogP contribution in [0.15, 0.2) is 48.8 Å². The van der Waals surface area contributed by atoms with Crippen molar-refractivity contribution in [1.29, 1.82) is 0 Å². The predicted molar refractivity (Wildman–Crippen MR) is 105 cm³/mol. The molecule has 1 saturated carbocycles. The lowest BCUT2D eigenvalue weighted by molar-refractivity contribution is 0.309. The summed E-state index contributed by atoms with van der Waals surface area (Å²) in [6, 6.07) is 10.7. The third kappa shape index (κ3) is 2.92. The zero-order valence-corrected chi connectivity index (χ0v) is 15.0. The van der Waals surface area contributed by atoms with Gasteiger partial charge in [-0.25, -0.2) is 9.97 Å². The highest BCUT2D eigenvalue weighted by atomic mass is 14.9. The monoisotopic (exact) mass is 341 g/mol. The van der Waals surface area contributed by atoms with Gasteiger partial charge in [-0.3, -0.25) is 4.98 Å². The topological polar surface area (TPSA) is 38.7 Å². The normalized spacial score (nSPS) is 17.3. The van der Waals surface area contributed by atoms with E-state index in [9.17, 15) is 0 Å². The lowest BCUT2D eigenvalue weighted by atomic mass is 9.83. The molecule has 130 valence electrons. The van der Waals surface area contributed by atoms with Crippen LogP contribution in [0.3, 0.4) is 0 Å². The number of pyridine rings is 1. The van der Waals surface area contributed by atoms with Gasteiger partial charge in [0, 0.05) is 29.8 Å². The van der Waals surface area contributed by atoms with Gasteiger partial charge in [0.15, 0.2) is 0 Å². The van der Waals surface area contributed by atoms with Crippen LogP contribution >= 0.6 is 0 Å². The largest absolute Gasteiger partial charge is 0.256 e. The molecule has 5 rings (SSSR count). The maximum absolute atomic E-state index is 4.97. The molecule has 26 heavy (non-hydrogen) atoms. The van der Waals surface area contributed by atoms with Gasteiger partial charge in [0.25, 0.3) is 0 Å². The Hall–Kier alpha value is -2.55. The Balaban J connectivity index is 1.53. The second-order valence-corrected chi connectivity index (χ2v) is 7.57. The molecule has 3 nitrogen and oxygen atoms in total. The molecule has 1 aromatic carbocycles. The molecule has 3 aromatic rings. The number of rotatable bonds is 3. The Morgan fingerprint density at radius 2 is 2.00 bits per heavy atom. The molecule has 1 fully saturated rings. The van der Waals surface area contributed by atoms with Crippen LogP contribution in [0.4, 0.5) is 0 Å². The van der Waals surface area contributed by atoms with Crippen LogP contribution in [0.2, 0.25) is 0 Å². The molecule has 0 amide bonds. The molecule has 2 aliphatic rings. The van der Waals surface area contributed by atoms with E-state index in [1.54, 1.807) is 0 Å². The summed E-state index contributed by atoms with van der Waals surface area (Å²) in [4.78, 5) is 14.1. The van der Waals surface area contributed by atoms with Crippen LogP contribution in [-0.2, 0) is 12.8 Å². The maximum atomic E-state index is 4.97. The fourth-order valence-electron chi connectivity index (χ4n) is 4.07. The van der Waals surface area contributed by atoms with Crippen molar-refractivity contribution in [1.82, 2.24) is 15.0 Å². The van der Waals surface area contributed by atoms with Crippen molar-refractivity contribution in [3.63, 3.8) is 0 Å². The summed E-state index contributed by atoms with van der Waals surface area (Å²) in [5, 5.41) is 1.18. The van der Waals surface area contributed by atoms with E-state index in [1.165, 1.54) is 47.0 Å². The second-order valence-electron chi connectivity index (χ2n) is 7.57. The molecule has 0 atom stereocenters. The summed E-state index contributed by atoms with van der Waals surface area (Å²) >= 11 is 0. The molecular weight excluding hydrogens is 318 g/mol. The van der Waals surface area contributed by atoms with Crippen LogP contribution in [0.5, 0.6) is 0 Å². The van der Waals surface area contributed by atoms with Crippen molar-refractivity contribution in [2.45, 2.75) is 44.9 Å². The molecule has 0 radical (unpaired) electrons. The summed E-state index contributed by atoms with van der Waals surface area (Å²) in [5.74, 6) is 1.85. The van der Waals surface area contributed by atoms with Gasteiger partial charge in [-0.2, -0.15) is 0 Å². The van der Waals surface area contributed by atoms with Crippen molar-refractivity contribution < 1.29 is 0 Å². The Morgan fingerprint density at radius 1 is 1.04 bits per heavy atom. The highest BCUT2D eigenvalue weighted by Crippen LogP contribution is 2.33. The Kier molecular flexibility index (Phi) is 4.00. The minimum absolute atomic E-state index is 0.807. The van der Waals surface area contributed by atoms with Crippen molar-refractivity contribution >= 4 is 16.5 Å². The van der Waals surface area contributed by atoms with Crippen LogP contribution in [0.1, 0.15) is 54.7 Å². The van der Waals surface area contributed by atoms with E-state index in [1.807, 2.05) is 12.3 Å². The van der Waals surface area contributed by atoms with Gasteiger partial charge >= 0.3 is 0 Å². The quantitative estimate of drug-likeness (QED) is 0.662. The van der Waals surface area contributed by atoms with Gasteiger partial charge in [-0.15, -0.1) is 0 Å². The highest BCUT2D eigenvalue weighted by molar-refractivity contribution is 5.88. The number of hydrogen-bond donors (Lipinski definition) is 0. The molecule has 0 N–H and O–H groups in total. The van der Waals surface area contributed by atoms with Gasteiger partial charge in [0.1, 0.15) is 5.82 Å². The van der Waals surface area contributed by atoms with E-state index < -0.39 is 0 Å². The number of aromatic nitrogens is 3. The molecule has 3 heteroatoms. The Labute approximate surface area is 154 Å². The molecule has 0 bridgehead atoms. The number of allylic oxidation sites excluding steroid dienone is 1. The third-order valence-corrected chi connectivity index (χ3v) is 5.78. The molecule has 2 aromatic heterocycles. The van der Waals surface area contributed by atoms with E-state index in [0.717, 1.165) is 42.9 Å². The van der Waals surface area contributed by atoms with Crippen molar-refractivity contribution in [3.8, 4) is 0 Å². The zero-order chi connectivity index (χ0) is 17.3. The second kappa shape index (κ2) is 6.64.